The summed E-state index contributed by atoms with van der Waals surface area (Å²) >= 11 is -0.161. The van der Waals surface area contributed by atoms with E-state index >= 15 is 0 Å². The number of hydrogen-bond donors (Lipinski definition) is 0. The van der Waals surface area contributed by atoms with Crippen LogP contribution in [0, 0.1) is 21.0 Å². The Kier molecular flexibility index (Phi) is 7.55. The van der Waals surface area contributed by atoms with E-state index in [1.807, 2.05) is 0 Å². The Hall–Kier alpha value is -3.02. The molecule has 172 valence electrons. The van der Waals surface area contributed by atoms with Crippen LogP contribution in [-0.2, 0) is 10.9 Å². The molecule has 0 spiro atoms. The lowest BCUT2D eigenvalue weighted by Gasteiger charge is -2.10. The first kappa shape index (κ1) is 23.7. The molecule has 35 heavy (non-hydrogen) atoms. The molecule has 0 unspecified atom stereocenters. The minimum atomic E-state index is -0.161. The average molecular weight is 587 g/mol. The SMILES string of the molecule is Cc1ccc([S+](c2ccc(C)cc2)c2ccc(Oc3ccc([I+]c4ccccc4)cc3)cc2)cc1. The Bertz CT molecular complexity index is 1320. The number of halogens is 1. The predicted molar refractivity (Wildman–Crippen MR) is 141 cm³/mol. The van der Waals surface area contributed by atoms with E-state index in [-0.39, 0.29) is 32.1 Å². The highest BCUT2D eigenvalue weighted by Gasteiger charge is 2.28. The highest BCUT2D eigenvalue weighted by molar-refractivity contribution is 7.97. The van der Waals surface area contributed by atoms with Crippen molar-refractivity contribution < 1.29 is 25.9 Å². The molecule has 1 nitrogen and oxygen atoms in total. The van der Waals surface area contributed by atoms with Crippen LogP contribution >= 0.6 is 0 Å². The van der Waals surface area contributed by atoms with Crippen molar-refractivity contribution >= 4 is 10.9 Å². The van der Waals surface area contributed by atoms with E-state index in [0.29, 0.717) is 0 Å². The van der Waals surface area contributed by atoms with Crippen LogP contribution in [0.2, 0.25) is 0 Å². The lowest BCUT2D eigenvalue weighted by Crippen LogP contribution is -3.61. The molecule has 5 aromatic carbocycles. The standard InChI is InChI=1S/C32H27IOS/c1-24-8-18-30(19-9-24)35(31-20-10-25(2)11-21-31)32-22-16-29(17-23-32)34-28-14-12-27(13-15-28)33-26-6-4-3-5-7-26/h3-23H,1-2H3/q+2. The van der Waals surface area contributed by atoms with Gasteiger partial charge in [0.2, 0.25) is 0 Å². The summed E-state index contributed by atoms with van der Waals surface area (Å²) in [4.78, 5) is 3.93. The van der Waals surface area contributed by atoms with Crippen molar-refractivity contribution in [3.05, 3.63) is 146 Å². The molecule has 0 heterocycles. The van der Waals surface area contributed by atoms with Crippen molar-refractivity contribution in [2.45, 2.75) is 28.5 Å². The number of hydrogen-bond acceptors (Lipinski definition) is 1. The van der Waals surface area contributed by atoms with E-state index in [4.69, 9.17) is 4.74 Å². The fourth-order valence-electron chi connectivity index (χ4n) is 3.71. The van der Waals surface area contributed by atoms with Crippen LogP contribution in [0.5, 0.6) is 11.5 Å². The maximum absolute atomic E-state index is 6.18. The molecule has 0 aliphatic heterocycles. The van der Waals surface area contributed by atoms with Crippen LogP contribution in [-0.4, -0.2) is 0 Å². The monoisotopic (exact) mass is 586 g/mol. The summed E-state index contributed by atoms with van der Waals surface area (Å²) in [6, 6.07) is 45.6. The Labute approximate surface area is 221 Å². The van der Waals surface area contributed by atoms with Crippen LogP contribution in [0.4, 0.5) is 0 Å². The molecule has 5 aromatic rings. The van der Waals surface area contributed by atoms with E-state index in [0.717, 1.165) is 11.5 Å². The molecule has 0 aromatic heterocycles. The molecule has 0 saturated heterocycles. The predicted octanol–water partition coefficient (Wildman–Crippen LogP) is 5.32. The lowest BCUT2D eigenvalue weighted by atomic mass is 10.2. The Balaban J connectivity index is 1.34. The van der Waals surface area contributed by atoms with Crippen LogP contribution in [0.15, 0.2) is 142 Å². The van der Waals surface area contributed by atoms with Crippen molar-refractivity contribution in [3.8, 4) is 11.5 Å². The van der Waals surface area contributed by atoms with Gasteiger partial charge in [-0.05, 0) is 98.8 Å². The van der Waals surface area contributed by atoms with Gasteiger partial charge in [0.15, 0.2) is 21.8 Å². The van der Waals surface area contributed by atoms with Crippen LogP contribution in [0.1, 0.15) is 11.1 Å². The number of ether oxygens (including phenoxy) is 1. The van der Waals surface area contributed by atoms with E-state index in [9.17, 15) is 0 Å². The zero-order valence-corrected chi connectivity index (χ0v) is 22.8. The molecule has 0 atom stereocenters. The van der Waals surface area contributed by atoms with Gasteiger partial charge in [0.25, 0.3) is 0 Å². The van der Waals surface area contributed by atoms with Crippen LogP contribution in [0.3, 0.4) is 0 Å². The number of benzene rings is 5. The van der Waals surface area contributed by atoms with Gasteiger partial charge in [-0.3, -0.25) is 0 Å². The second-order valence-electron chi connectivity index (χ2n) is 8.35. The minimum absolute atomic E-state index is 0.160. The minimum Gasteiger partial charge on any atom is -0.457 e. The average Bonchev–Trinajstić information content (AvgIpc) is 2.89. The first-order valence-corrected chi connectivity index (χ1v) is 15.0. The van der Waals surface area contributed by atoms with Gasteiger partial charge in [-0.15, -0.1) is 0 Å². The van der Waals surface area contributed by atoms with E-state index in [1.54, 1.807) is 0 Å². The highest BCUT2D eigenvalue weighted by Crippen LogP contribution is 2.33. The third-order valence-corrected chi connectivity index (χ3v) is 10.5. The van der Waals surface area contributed by atoms with Gasteiger partial charge >= 0.3 is 21.2 Å². The summed E-state index contributed by atoms with van der Waals surface area (Å²) in [7, 11) is -0.160. The van der Waals surface area contributed by atoms with Crippen molar-refractivity contribution in [3.63, 3.8) is 0 Å². The fourth-order valence-corrected chi connectivity index (χ4v) is 7.96. The first-order valence-electron chi connectivity index (χ1n) is 11.6. The van der Waals surface area contributed by atoms with Gasteiger partial charge in [0, 0.05) is 0 Å². The Morgan fingerprint density at radius 1 is 0.457 bits per heavy atom. The Morgan fingerprint density at radius 2 is 0.857 bits per heavy atom. The molecular formula is C32H27IOS+2. The topological polar surface area (TPSA) is 9.23 Å². The summed E-state index contributed by atoms with van der Waals surface area (Å²) in [5.41, 5.74) is 2.56. The molecule has 0 radical (unpaired) electrons. The molecule has 0 amide bonds. The van der Waals surface area contributed by atoms with E-state index in [1.165, 1.54) is 33.0 Å². The second-order valence-corrected chi connectivity index (χ2v) is 13.4. The molecule has 0 bridgehead atoms. The van der Waals surface area contributed by atoms with Gasteiger partial charge in [-0.1, -0.05) is 53.6 Å². The van der Waals surface area contributed by atoms with Crippen LogP contribution in [0.25, 0.3) is 0 Å². The van der Waals surface area contributed by atoms with E-state index in [2.05, 4.69) is 141 Å². The Morgan fingerprint density at radius 3 is 1.34 bits per heavy atom. The quantitative estimate of drug-likeness (QED) is 0.185. The molecule has 0 N–H and O–H groups in total. The lowest BCUT2D eigenvalue weighted by molar-refractivity contribution is -0.597. The summed E-state index contributed by atoms with van der Waals surface area (Å²) < 4.78 is 8.99. The van der Waals surface area contributed by atoms with Crippen molar-refractivity contribution in [1.82, 2.24) is 0 Å². The normalized spacial score (nSPS) is 10.9. The zero-order chi connectivity index (χ0) is 24.0. The molecule has 5 rings (SSSR count). The van der Waals surface area contributed by atoms with Crippen molar-refractivity contribution in [1.29, 1.82) is 0 Å². The van der Waals surface area contributed by atoms with Crippen molar-refractivity contribution in [2.24, 2.45) is 0 Å². The summed E-state index contributed by atoms with van der Waals surface area (Å²) in [5.74, 6) is 1.73. The third kappa shape index (κ3) is 6.16. The smallest absolute Gasteiger partial charge is 0.357 e. The highest BCUT2D eigenvalue weighted by atomic mass is 127. The van der Waals surface area contributed by atoms with Gasteiger partial charge in [0.1, 0.15) is 11.5 Å². The molecule has 0 aliphatic carbocycles. The largest absolute Gasteiger partial charge is 0.457 e. The summed E-state index contributed by atoms with van der Waals surface area (Å²) in [6.45, 7) is 4.27. The van der Waals surface area contributed by atoms with Crippen LogP contribution < -0.4 is 25.9 Å². The van der Waals surface area contributed by atoms with Gasteiger partial charge in [-0.25, -0.2) is 0 Å². The molecule has 0 aliphatic rings. The summed E-state index contributed by atoms with van der Waals surface area (Å²) in [6.07, 6.45) is 0. The fraction of sp³-hybridized carbons (Fsp3) is 0.0625. The van der Waals surface area contributed by atoms with Crippen molar-refractivity contribution in [2.75, 3.05) is 0 Å². The third-order valence-electron chi connectivity index (χ3n) is 5.57. The maximum atomic E-state index is 6.18. The molecular weight excluding hydrogens is 559 g/mol. The van der Waals surface area contributed by atoms with E-state index < -0.39 is 0 Å². The maximum Gasteiger partial charge on any atom is 0.357 e. The zero-order valence-electron chi connectivity index (χ0n) is 19.8. The van der Waals surface area contributed by atoms with Gasteiger partial charge < -0.3 is 4.74 Å². The number of aryl methyl sites for hydroxylation is 2. The number of rotatable bonds is 7. The molecule has 3 heteroatoms. The second kappa shape index (κ2) is 11.1. The molecule has 0 fully saturated rings. The molecule has 0 saturated carbocycles. The van der Waals surface area contributed by atoms with Gasteiger partial charge in [0.05, 0.1) is 10.9 Å². The first-order chi connectivity index (χ1) is 17.1. The summed E-state index contributed by atoms with van der Waals surface area (Å²) in [5, 5.41) is 0. The van der Waals surface area contributed by atoms with Gasteiger partial charge in [-0.2, -0.15) is 0 Å².